The number of hydrogen-bond acceptors (Lipinski definition) is 4. The van der Waals surface area contributed by atoms with Crippen LogP contribution in [0.2, 0.25) is 0 Å². The van der Waals surface area contributed by atoms with Crippen LogP contribution in [0, 0.1) is 5.41 Å². The molecule has 6 heteroatoms. The van der Waals surface area contributed by atoms with Crippen molar-refractivity contribution >= 4 is 17.4 Å². The minimum Gasteiger partial charge on any atom is -0.495 e. The van der Waals surface area contributed by atoms with Gasteiger partial charge in [-0.25, -0.2) is 0 Å². The Morgan fingerprint density at radius 3 is 2.57 bits per heavy atom. The normalized spacial score (nSPS) is 17.5. The molecule has 0 saturated heterocycles. The van der Waals surface area contributed by atoms with Gasteiger partial charge in [-0.3, -0.25) is 4.79 Å². The Morgan fingerprint density at radius 1 is 1.38 bits per heavy atom. The average Bonchev–Trinajstić information content (AvgIpc) is 3.03. The molecule has 1 aliphatic carbocycles. The number of anilines is 1. The van der Waals surface area contributed by atoms with Gasteiger partial charge in [0, 0.05) is 7.05 Å². The Balaban J connectivity index is 2.37. The number of methoxy groups -OCH3 is 1. The molecule has 0 spiro atoms. The van der Waals surface area contributed by atoms with Gasteiger partial charge in [0.25, 0.3) is 0 Å². The van der Waals surface area contributed by atoms with Gasteiger partial charge in [-0.15, -0.1) is 0 Å². The summed E-state index contributed by atoms with van der Waals surface area (Å²) in [6.07, 6.45) is 2.98. The summed E-state index contributed by atoms with van der Waals surface area (Å²) in [5.74, 6) is 0.438. The Kier molecular flexibility index (Phi) is 4.35. The van der Waals surface area contributed by atoms with Crippen molar-refractivity contribution in [2.75, 3.05) is 19.1 Å². The van der Waals surface area contributed by atoms with Crippen LogP contribution in [-0.2, 0) is 4.79 Å². The molecule has 0 unspecified atom stereocenters. The highest BCUT2D eigenvalue weighted by Gasteiger charge is 2.47. The van der Waals surface area contributed by atoms with Crippen LogP contribution < -0.4 is 15.4 Å². The van der Waals surface area contributed by atoms with Crippen LogP contribution in [0.3, 0.4) is 0 Å². The Labute approximate surface area is 124 Å². The number of para-hydroxylation sites is 2. The average molecular weight is 291 g/mol. The highest BCUT2D eigenvalue weighted by atomic mass is 16.5. The topological polar surface area (TPSA) is 88.2 Å². The minimum absolute atomic E-state index is 0.00764. The zero-order valence-corrected chi connectivity index (χ0v) is 12.4. The van der Waals surface area contributed by atoms with Crippen molar-refractivity contribution in [2.45, 2.75) is 25.7 Å². The first-order valence-corrected chi connectivity index (χ1v) is 6.96. The van der Waals surface area contributed by atoms with Crippen molar-refractivity contribution < 1.29 is 14.7 Å². The van der Waals surface area contributed by atoms with Crippen LogP contribution in [0.4, 0.5) is 5.69 Å². The lowest BCUT2D eigenvalue weighted by molar-refractivity contribution is -0.124. The largest absolute Gasteiger partial charge is 0.495 e. The fourth-order valence-electron chi connectivity index (χ4n) is 2.99. The van der Waals surface area contributed by atoms with Crippen LogP contribution in [0.5, 0.6) is 5.75 Å². The van der Waals surface area contributed by atoms with E-state index in [2.05, 4.69) is 5.16 Å². The minimum atomic E-state index is -0.912. The number of oxime groups is 1. The van der Waals surface area contributed by atoms with Crippen molar-refractivity contribution in [3.63, 3.8) is 0 Å². The molecule has 1 aliphatic rings. The van der Waals surface area contributed by atoms with Crippen LogP contribution in [0.1, 0.15) is 25.7 Å². The van der Waals surface area contributed by atoms with Crippen LogP contribution >= 0.6 is 0 Å². The lowest BCUT2D eigenvalue weighted by Gasteiger charge is -2.31. The number of ether oxygens (including phenoxy) is 1. The molecule has 0 bridgehead atoms. The van der Waals surface area contributed by atoms with Crippen molar-refractivity contribution in [1.82, 2.24) is 0 Å². The number of carbonyl (C=O) groups is 1. The van der Waals surface area contributed by atoms with Gasteiger partial charge < -0.3 is 20.6 Å². The molecule has 21 heavy (non-hydrogen) atoms. The Bertz CT molecular complexity index is 551. The summed E-state index contributed by atoms with van der Waals surface area (Å²) in [7, 11) is 3.25. The second kappa shape index (κ2) is 6.03. The molecule has 1 aromatic rings. The Hall–Kier alpha value is -2.24. The van der Waals surface area contributed by atoms with E-state index in [-0.39, 0.29) is 11.7 Å². The molecule has 2 rings (SSSR count). The zero-order valence-electron chi connectivity index (χ0n) is 12.4. The predicted octanol–water partition coefficient (Wildman–Crippen LogP) is 1.96. The molecule has 0 aromatic heterocycles. The van der Waals surface area contributed by atoms with E-state index in [4.69, 9.17) is 15.7 Å². The van der Waals surface area contributed by atoms with Crippen LogP contribution in [0.25, 0.3) is 0 Å². The van der Waals surface area contributed by atoms with Crippen molar-refractivity contribution in [2.24, 2.45) is 16.3 Å². The highest BCUT2D eigenvalue weighted by molar-refractivity contribution is 6.13. The lowest BCUT2D eigenvalue weighted by Crippen LogP contribution is -2.49. The summed E-state index contributed by atoms with van der Waals surface area (Å²) >= 11 is 0. The predicted molar refractivity (Wildman–Crippen MR) is 80.7 cm³/mol. The van der Waals surface area contributed by atoms with E-state index in [9.17, 15) is 4.79 Å². The Morgan fingerprint density at radius 2 is 2.00 bits per heavy atom. The van der Waals surface area contributed by atoms with E-state index in [0.29, 0.717) is 24.3 Å². The van der Waals surface area contributed by atoms with Crippen molar-refractivity contribution in [3.8, 4) is 5.75 Å². The van der Waals surface area contributed by atoms with Gasteiger partial charge in [-0.05, 0) is 25.0 Å². The molecule has 0 radical (unpaired) electrons. The quantitative estimate of drug-likeness (QED) is 0.384. The maximum absolute atomic E-state index is 12.9. The van der Waals surface area contributed by atoms with E-state index in [1.165, 1.54) is 4.90 Å². The number of carbonyl (C=O) groups excluding carboxylic acids is 1. The molecule has 1 aromatic carbocycles. The highest BCUT2D eigenvalue weighted by Crippen LogP contribution is 2.41. The van der Waals surface area contributed by atoms with Gasteiger partial charge in [0.05, 0.1) is 12.8 Å². The molecule has 0 aliphatic heterocycles. The summed E-state index contributed by atoms with van der Waals surface area (Å²) < 4.78 is 5.29. The monoisotopic (exact) mass is 291 g/mol. The van der Waals surface area contributed by atoms with E-state index in [1.54, 1.807) is 20.2 Å². The number of rotatable bonds is 4. The number of hydrogen-bond donors (Lipinski definition) is 2. The third-order valence-electron chi connectivity index (χ3n) is 4.22. The van der Waals surface area contributed by atoms with E-state index < -0.39 is 5.41 Å². The molecular formula is C15H21N3O3. The lowest BCUT2D eigenvalue weighted by atomic mass is 9.83. The second-order valence-corrected chi connectivity index (χ2v) is 5.31. The van der Waals surface area contributed by atoms with Crippen LogP contribution in [-0.4, -0.2) is 31.1 Å². The summed E-state index contributed by atoms with van der Waals surface area (Å²) in [6, 6.07) is 7.29. The smallest absolute Gasteiger partial charge is 0.240 e. The fourth-order valence-corrected chi connectivity index (χ4v) is 2.99. The van der Waals surface area contributed by atoms with Gasteiger partial charge >= 0.3 is 0 Å². The van der Waals surface area contributed by atoms with Gasteiger partial charge in [0.15, 0.2) is 5.84 Å². The first-order valence-electron chi connectivity index (χ1n) is 6.96. The fraction of sp³-hybridized carbons (Fsp3) is 0.467. The molecule has 6 nitrogen and oxygen atoms in total. The van der Waals surface area contributed by atoms with Gasteiger partial charge in [-0.2, -0.15) is 0 Å². The molecule has 3 N–H and O–H groups in total. The van der Waals surface area contributed by atoms with Crippen molar-refractivity contribution in [1.29, 1.82) is 0 Å². The van der Waals surface area contributed by atoms with Gasteiger partial charge in [0.2, 0.25) is 5.91 Å². The summed E-state index contributed by atoms with van der Waals surface area (Å²) in [5.41, 5.74) is 5.58. The summed E-state index contributed by atoms with van der Waals surface area (Å²) in [6.45, 7) is 0. The van der Waals surface area contributed by atoms with Gasteiger partial charge in [0.1, 0.15) is 11.2 Å². The van der Waals surface area contributed by atoms with Crippen molar-refractivity contribution in [3.05, 3.63) is 24.3 Å². The van der Waals surface area contributed by atoms with E-state index >= 15 is 0 Å². The number of nitrogens with two attached hydrogens (primary N) is 1. The standard InChI is InChI=1S/C15H21N3O3/c1-18(11-7-3-4-8-12(11)21-2)14(19)15(13(16)17-20)9-5-6-10-15/h3-4,7-8,20H,5-6,9-10H2,1-2H3,(H2,16,17). The number of nitrogens with zero attached hydrogens (tertiary/aromatic N) is 2. The molecule has 1 saturated carbocycles. The van der Waals surface area contributed by atoms with E-state index in [0.717, 1.165) is 12.8 Å². The summed E-state index contributed by atoms with van der Waals surface area (Å²) in [5, 5.41) is 12.1. The molecular weight excluding hydrogens is 270 g/mol. The molecule has 114 valence electrons. The van der Waals surface area contributed by atoms with Gasteiger partial charge in [-0.1, -0.05) is 30.1 Å². The second-order valence-electron chi connectivity index (χ2n) is 5.31. The number of amides is 1. The van der Waals surface area contributed by atoms with Crippen LogP contribution in [0.15, 0.2) is 29.4 Å². The maximum atomic E-state index is 12.9. The first kappa shape index (κ1) is 15.2. The first-order chi connectivity index (χ1) is 10.1. The molecule has 0 atom stereocenters. The SMILES string of the molecule is COc1ccccc1N(C)C(=O)C1(C(N)=NO)CCCC1. The number of benzene rings is 1. The zero-order chi connectivity index (χ0) is 15.5. The number of amidine groups is 1. The molecule has 1 amide bonds. The maximum Gasteiger partial charge on any atom is 0.240 e. The third-order valence-corrected chi connectivity index (χ3v) is 4.22. The van der Waals surface area contributed by atoms with E-state index in [1.807, 2.05) is 18.2 Å². The summed E-state index contributed by atoms with van der Waals surface area (Å²) in [4.78, 5) is 14.5. The molecule has 0 heterocycles. The molecule has 1 fully saturated rings. The third kappa shape index (κ3) is 2.53.